The van der Waals surface area contributed by atoms with Gasteiger partial charge in [0.05, 0.1) is 6.20 Å². The Kier molecular flexibility index (Phi) is 3.67. The SMILES string of the molecule is Nc1ncc(Cl)nc1C=CCCO. The van der Waals surface area contributed by atoms with Crippen molar-refractivity contribution in [1.29, 1.82) is 0 Å². The molecule has 0 aliphatic rings. The van der Waals surface area contributed by atoms with E-state index in [1.807, 2.05) is 0 Å². The molecule has 0 aliphatic carbocycles. The second-order valence-electron chi connectivity index (χ2n) is 2.38. The first-order valence-corrected chi connectivity index (χ1v) is 4.17. The maximum atomic E-state index is 8.52. The summed E-state index contributed by atoms with van der Waals surface area (Å²) in [5.41, 5.74) is 6.05. The first-order chi connectivity index (χ1) is 6.24. The first kappa shape index (κ1) is 9.95. The van der Waals surface area contributed by atoms with Gasteiger partial charge >= 0.3 is 0 Å². The number of nitrogens with zero attached hydrogens (tertiary/aromatic N) is 2. The molecule has 5 heteroatoms. The lowest BCUT2D eigenvalue weighted by molar-refractivity contribution is 0.303. The molecule has 1 heterocycles. The Hall–Kier alpha value is -1.13. The fraction of sp³-hybridized carbons (Fsp3) is 0.250. The third-order valence-corrected chi connectivity index (χ3v) is 1.55. The highest BCUT2D eigenvalue weighted by Crippen LogP contribution is 2.11. The number of halogens is 1. The number of nitrogen functional groups attached to an aromatic ring is 1. The van der Waals surface area contributed by atoms with Crippen LogP contribution in [0.4, 0.5) is 5.82 Å². The van der Waals surface area contributed by atoms with Gasteiger partial charge in [0.15, 0.2) is 0 Å². The average Bonchev–Trinajstić information content (AvgIpc) is 2.11. The third-order valence-electron chi connectivity index (χ3n) is 1.37. The lowest BCUT2D eigenvalue weighted by Gasteiger charge is -1.97. The van der Waals surface area contributed by atoms with Gasteiger partial charge in [-0.1, -0.05) is 17.7 Å². The smallest absolute Gasteiger partial charge is 0.149 e. The van der Waals surface area contributed by atoms with Gasteiger partial charge < -0.3 is 10.8 Å². The molecular formula is C8H10ClN3O. The minimum Gasteiger partial charge on any atom is -0.396 e. The Morgan fingerprint density at radius 3 is 3.08 bits per heavy atom. The number of anilines is 1. The van der Waals surface area contributed by atoms with Gasteiger partial charge in [-0.25, -0.2) is 9.97 Å². The van der Waals surface area contributed by atoms with Gasteiger partial charge in [-0.2, -0.15) is 0 Å². The van der Waals surface area contributed by atoms with Crippen LogP contribution in [0.1, 0.15) is 12.1 Å². The molecule has 1 aromatic heterocycles. The maximum Gasteiger partial charge on any atom is 0.149 e. The summed E-state index contributed by atoms with van der Waals surface area (Å²) in [7, 11) is 0. The predicted molar refractivity (Wildman–Crippen MR) is 52.2 cm³/mol. The molecule has 0 unspecified atom stereocenters. The molecule has 4 nitrogen and oxygen atoms in total. The molecule has 3 N–H and O–H groups in total. The minimum atomic E-state index is 0.102. The highest BCUT2D eigenvalue weighted by Gasteiger charge is 1.98. The van der Waals surface area contributed by atoms with E-state index >= 15 is 0 Å². The van der Waals surface area contributed by atoms with Crippen LogP contribution in [0.5, 0.6) is 0 Å². The number of hydrogen-bond donors (Lipinski definition) is 2. The molecule has 0 saturated carbocycles. The Balaban J connectivity index is 2.81. The summed E-state index contributed by atoms with van der Waals surface area (Å²) in [5, 5.41) is 8.83. The van der Waals surface area contributed by atoms with E-state index in [1.165, 1.54) is 6.20 Å². The highest BCUT2D eigenvalue weighted by molar-refractivity contribution is 6.29. The quantitative estimate of drug-likeness (QED) is 0.765. The predicted octanol–water partition coefficient (Wildman–Crippen LogP) is 1.11. The fourth-order valence-electron chi connectivity index (χ4n) is 0.782. The van der Waals surface area contributed by atoms with Gasteiger partial charge in [0.1, 0.15) is 16.7 Å². The zero-order chi connectivity index (χ0) is 9.68. The molecule has 0 spiro atoms. The largest absolute Gasteiger partial charge is 0.396 e. The van der Waals surface area contributed by atoms with Crippen LogP contribution >= 0.6 is 11.6 Å². The molecule has 0 bridgehead atoms. The summed E-state index contributed by atoms with van der Waals surface area (Å²) in [6.45, 7) is 0.102. The van der Waals surface area contributed by atoms with E-state index in [2.05, 4.69) is 9.97 Å². The van der Waals surface area contributed by atoms with E-state index in [0.717, 1.165) is 0 Å². The standard InChI is InChI=1S/C8H10ClN3O/c9-7-5-11-8(10)6(12-7)3-1-2-4-13/h1,3,5,13H,2,4H2,(H2,10,11). The number of aromatic nitrogens is 2. The summed E-state index contributed by atoms with van der Waals surface area (Å²) in [6.07, 6.45) is 5.40. The summed E-state index contributed by atoms with van der Waals surface area (Å²) in [6, 6.07) is 0. The molecule has 0 amide bonds. The third kappa shape index (κ3) is 3.01. The zero-order valence-electron chi connectivity index (χ0n) is 6.94. The van der Waals surface area contributed by atoms with Crippen LogP contribution in [0, 0.1) is 0 Å². The second kappa shape index (κ2) is 4.79. The van der Waals surface area contributed by atoms with Crippen LogP contribution < -0.4 is 5.73 Å². The van der Waals surface area contributed by atoms with E-state index in [-0.39, 0.29) is 6.61 Å². The van der Waals surface area contributed by atoms with Crippen molar-refractivity contribution < 1.29 is 5.11 Å². The van der Waals surface area contributed by atoms with Crippen molar-refractivity contribution in [2.24, 2.45) is 0 Å². The average molecular weight is 200 g/mol. The molecule has 1 rings (SSSR count). The molecule has 0 aromatic carbocycles. The molecule has 0 radical (unpaired) electrons. The van der Waals surface area contributed by atoms with E-state index in [1.54, 1.807) is 12.2 Å². The summed E-state index contributed by atoms with van der Waals surface area (Å²) >= 11 is 5.62. The highest BCUT2D eigenvalue weighted by atomic mass is 35.5. The fourth-order valence-corrected chi connectivity index (χ4v) is 0.922. The normalized spacial score (nSPS) is 10.9. The van der Waals surface area contributed by atoms with Crippen molar-refractivity contribution in [2.75, 3.05) is 12.3 Å². The van der Waals surface area contributed by atoms with Gasteiger partial charge in [0, 0.05) is 6.61 Å². The molecule has 13 heavy (non-hydrogen) atoms. The molecule has 70 valence electrons. The van der Waals surface area contributed by atoms with Crippen LogP contribution in [0.15, 0.2) is 12.3 Å². The van der Waals surface area contributed by atoms with Gasteiger partial charge in [0.2, 0.25) is 0 Å². The molecule has 0 saturated heterocycles. The molecule has 0 aliphatic heterocycles. The van der Waals surface area contributed by atoms with Crippen LogP contribution in [-0.2, 0) is 0 Å². The van der Waals surface area contributed by atoms with Crippen molar-refractivity contribution in [1.82, 2.24) is 9.97 Å². The summed E-state index contributed by atoms with van der Waals surface area (Å²) in [4.78, 5) is 7.78. The lowest BCUT2D eigenvalue weighted by Crippen LogP contribution is -1.96. The van der Waals surface area contributed by atoms with E-state index in [4.69, 9.17) is 22.4 Å². The molecule has 0 atom stereocenters. The Morgan fingerprint density at radius 1 is 1.62 bits per heavy atom. The minimum absolute atomic E-state index is 0.102. The Bertz CT molecular complexity index is 314. The number of rotatable bonds is 3. The molecular weight excluding hydrogens is 190 g/mol. The van der Waals surface area contributed by atoms with Crippen LogP contribution in [0.2, 0.25) is 5.15 Å². The van der Waals surface area contributed by atoms with E-state index < -0.39 is 0 Å². The number of nitrogens with two attached hydrogens (primary N) is 1. The summed E-state index contributed by atoms with van der Waals surface area (Å²) in [5.74, 6) is 0.332. The van der Waals surface area contributed by atoms with Gasteiger partial charge in [0.25, 0.3) is 0 Å². The maximum absolute atomic E-state index is 8.52. The second-order valence-corrected chi connectivity index (χ2v) is 2.77. The monoisotopic (exact) mass is 199 g/mol. The zero-order valence-corrected chi connectivity index (χ0v) is 7.70. The van der Waals surface area contributed by atoms with Crippen molar-refractivity contribution in [3.63, 3.8) is 0 Å². The number of aliphatic hydroxyl groups excluding tert-OH is 1. The van der Waals surface area contributed by atoms with E-state index in [9.17, 15) is 0 Å². The van der Waals surface area contributed by atoms with Crippen LogP contribution in [-0.4, -0.2) is 21.7 Å². The Labute approximate surface area is 81.1 Å². The van der Waals surface area contributed by atoms with Crippen molar-refractivity contribution in [2.45, 2.75) is 6.42 Å². The molecule has 1 aromatic rings. The molecule has 0 fully saturated rings. The van der Waals surface area contributed by atoms with Gasteiger partial charge in [-0.05, 0) is 12.5 Å². The topological polar surface area (TPSA) is 72.0 Å². The number of aliphatic hydroxyl groups is 1. The van der Waals surface area contributed by atoms with Crippen LogP contribution in [0.25, 0.3) is 6.08 Å². The van der Waals surface area contributed by atoms with Gasteiger partial charge in [-0.15, -0.1) is 0 Å². The van der Waals surface area contributed by atoms with Crippen molar-refractivity contribution in [3.05, 3.63) is 23.1 Å². The van der Waals surface area contributed by atoms with Gasteiger partial charge in [-0.3, -0.25) is 0 Å². The summed E-state index contributed by atoms with van der Waals surface area (Å²) < 4.78 is 0. The van der Waals surface area contributed by atoms with E-state index in [0.29, 0.717) is 23.1 Å². The van der Waals surface area contributed by atoms with Crippen molar-refractivity contribution in [3.8, 4) is 0 Å². The van der Waals surface area contributed by atoms with Crippen LogP contribution in [0.3, 0.4) is 0 Å². The first-order valence-electron chi connectivity index (χ1n) is 3.79. The number of hydrogen-bond acceptors (Lipinski definition) is 4. The lowest BCUT2D eigenvalue weighted by atomic mass is 10.3. The van der Waals surface area contributed by atoms with Crippen molar-refractivity contribution >= 4 is 23.5 Å². The Morgan fingerprint density at radius 2 is 2.38 bits per heavy atom.